The van der Waals surface area contributed by atoms with Crippen LogP contribution >= 0.6 is 0 Å². The van der Waals surface area contributed by atoms with Crippen LogP contribution in [0.15, 0.2) is 29.8 Å². The van der Waals surface area contributed by atoms with Crippen LogP contribution in [-0.4, -0.2) is 26.9 Å². The molecule has 0 spiro atoms. The minimum atomic E-state index is -0.326. The highest BCUT2D eigenvalue weighted by Gasteiger charge is 2.04. The maximum absolute atomic E-state index is 13.8. The summed E-state index contributed by atoms with van der Waals surface area (Å²) < 4.78 is 24.0. The molecule has 0 heterocycles. The molecule has 1 N–H and O–H groups in total. The molecular weight excluding hydrogens is 245 g/mol. The van der Waals surface area contributed by atoms with Gasteiger partial charge in [-0.25, -0.2) is 4.39 Å². The van der Waals surface area contributed by atoms with E-state index in [1.165, 1.54) is 6.07 Å². The Morgan fingerprint density at radius 1 is 1.37 bits per heavy atom. The van der Waals surface area contributed by atoms with Gasteiger partial charge in [0, 0.05) is 20.2 Å². The van der Waals surface area contributed by atoms with Gasteiger partial charge in [-0.1, -0.05) is 11.6 Å². The lowest BCUT2D eigenvalue weighted by Gasteiger charge is -2.08. The number of ether oxygens (including phenoxy) is 2. The summed E-state index contributed by atoms with van der Waals surface area (Å²) in [5.41, 5.74) is 2.04. The van der Waals surface area contributed by atoms with Gasteiger partial charge in [-0.3, -0.25) is 0 Å². The fourth-order valence-corrected chi connectivity index (χ4v) is 1.48. The smallest absolute Gasteiger partial charge is 0.165 e. The van der Waals surface area contributed by atoms with Crippen molar-refractivity contribution in [2.75, 3.05) is 26.9 Å². The normalized spacial score (nSPS) is 10.3. The second kappa shape index (κ2) is 8.67. The highest BCUT2D eigenvalue weighted by atomic mass is 19.1. The van der Waals surface area contributed by atoms with Crippen molar-refractivity contribution in [3.8, 4) is 5.75 Å². The summed E-state index contributed by atoms with van der Waals surface area (Å²) in [5.74, 6) is -0.0358. The number of benzene rings is 1. The molecule has 0 saturated heterocycles. The first-order valence-electron chi connectivity index (χ1n) is 6.37. The Morgan fingerprint density at radius 2 is 2.16 bits per heavy atom. The quantitative estimate of drug-likeness (QED) is 0.580. The summed E-state index contributed by atoms with van der Waals surface area (Å²) in [6.45, 7) is 6.37. The zero-order valence-corrected chi connectivity index (χ0v) is 11.8. The predicted octanol–water partition coefficient (Wildman–Crippen LogP) is 2.91. The molecule has 0 amide bonds. The maximum atomic E-state index is 13.8. The van der Waals surface area contributed by atoms with Gasteiger partial charge in [-0.2, -0.15) is 0 Å². The van der Waals surface area contributed by atoms with Crippen molar-refractivity contribution in [2.24, 2.45) is 0 Å². The third-order valence-electron chi connectivity index (χ3n) is 2.54. The topological polar surface area (TPSA) is 30.5 Å². The van der Waals surface area contributed by atoms with Crippen LogP contribution in [0.4, 0.5) is 4.39 Å². The van der Waals surface area contributed by atoms with E-state index in [0.29, 0.717) is 19.8 Å². The number of hydrogen-bond donors (Lipinski definition) is 1. The molecule has 4 heteroatoms. The molecule has 0 radical (unpaired) electrons. The standard InChI is InChI=1S/C15H22FNO2/c1-12(2)6-8-19-15-5-4-13(10-14(15)16)11-17-7-9-18-3/h4-6,10,17H,7-9,11H2,1-3H3. The van der Waals surface area contributed by atoms with E-state index in [-0.39, 0.29) is 11.6 Å². The van der Waals surface area contributed by atoms with Crippen LogP contribution in [0.1, 0.15) is 19.4 Å². The Kier molecular flexibility index (Phi) is 7.15. The molecule has 19 heavy (non-hydrogen) atoms. The van der Waals surface area contributed by atoms with E-state index in [1.54, 1.807) is 13.2 Å². The van der Waals surface area contributed by atoms with Crippen LogP contribution in [0.5, 0.6) is 5.75 Å². The van der Waals surface area contributed by atoms with Crippen molar-refractivity contribution >= 4 is 0 Å². The molecule has 0 aliphatic carbocycles. The Balaban J connectivity index is 2.47. The number of hydrogen-bond acceptors (Lipinski definition) is 3. The van der Waals surface area contributed by atoms with Gasteiger partial charge in [0.2, 0.25) is 0 Å². The molecule has 0 fully saturated rings. The predicted molar refractivity (Wildman–Crippen MR) is 74.9 cm³/mol. The molecule has 1 aromatic rings. The highest BCUT2D eigenvalue weighted by Crippen LogP contribution is 2.18. The molecule has 0 aromatic heterocycles. The third-order valence-corrected chi connectivity index (χ3v) is 2.54. The Hall–Kier alpha value is -1.39. The summed E-state index contributed by atoms with van der Waals surface area (Å²) in [7, 11) is 1.65. The van der Waals surface area contributed by atoms with Crippen LogP contribution in [0.3, 0.4) is 0 Å². The summed E-state index contributed by atoms with van der Waals surface area (Å²) in [5, 5.41) is 3.17. The molecule has 106 valence electrons. The zero-order valence-electron chi connectivity index (χ0n) is 11.8. The number of nitrogens with one attached hydrogen (secondary N) is 1. The summed E-state index contributed by atoms with van der Waals surface area (Å²) in [4.78, 5) is 0. The van der Waals surface area contributed by atoms with E-state index in [4.69, 9.17) is 9.47 Å². The molecule has 0 aliphatic rings. The van der Waals surface area contributed by atoms with Gasteiger partial charge in [0.25, 0.3) is 0 Å². The summed E-state index contributed by atoms with van der Waals surface area (Å²) in [6, 6.07) is 5.03. The molecule has 0 unspecified atom stereocenters. The second-order valence-electron chi connectivity index (χ2n) is 4.53. The molecule has 1 aromatic carbocycles. The van der Waals surface area contributed by atoms with Crippen LogP contribution < -0.4 is 10.1 Å². The van der Waals surface area contributed by atoms with E-state index >= 15 is 0 Å². The van der Waals surface area contributed by atoms with Crippen molar-refractivity contribution in [3.05, 3.63) is 41.2 Å². The third kappa shape index (κ3) is 6.36. The van der Waals surface area contributed by atoms with Crippen molar-refractivity contribution in [1.82, 2.24) is 5.32 Å². The molecule has 0 atom stereocenters. The van der Waals surface area contributed by atoms with Gasteiger partial charge >= 0.3 is 0 Å². The van der Waals surface area contributed by atoms with Crippen molar-refractivity contribution < 1.29 is 13.9 Å². The van der Waals surface area contributed by atoms with E-state index in [9.17, 15) is 4.39 Å². The van der Waals surface area contributed by atoms with Gasteiger partial charge < -0.3 is 14.8 Å². The first kappa shape index (κ1) is 15.7. The molecule has 0 bridgehead atoms. The number of methoxy groups -OCH3 is 1. The van der Waals surface area contributed by atoms with Crippen LogP contribution in [0.2, 0.25) is 0 Å². The van der Waals surface area contributed by atoms with E-state index < -0.39 is 0 Å². The first-order chi connectivity index (χ1) is 9.13. The molecular formula is C15H22FNO2. The number of allylic oxidation sites excluding steroid dienone is 1. The monoisotopic (exact) mass is 267 g/mol. The Bertz CT molecular complexity index is 415. The largest absolute Gasteiger partial charge is 0.486 e. The van der Waals surface area contributed by atoms with E-state index in [0.717, 1.165) is 17.7 Å². The maximum Gasteiger partial charge on any atom is 0.165 e. The summed E-state index contributed by atoms with van der Waals surface area (Å²) >= 11 is 0. The lowest BCUT2D eigenvalue weighted by Crippen LogP contribution is -2.18. The van der Waals surface area contributed by atoms with E-state index in [1.807, 2.05) is 26.0 Å². The minimum absolute atomic E-state index is 0.290. The summed E-state index contributed by atoms with van der Waals surface area (Å²) in [6.07, 6.45) is 1.92. The van der Waals surface area contributed by atoms with Crippen molar-refractivity contribution in [3.63, 3.8) is 0 Å². The van der Waals surface area contributed by atoms with Gasteiger partial charge in [0.1, 0.15) is 6.61 Å². The number of halogens is 1. The highest BCUT2D eigenvalue weighted by molar-refractivity contribution is 5.29. The first-order valence-corrected chi connectivity index (χ1v) is 6.37. The number of rotatable bonds is 8. The van der Waals surface area contributed by atoms with Gasteiger partial charge in [0.15, 0.2) is 11.6 Å². The Morgan fingerprint density at radius 3 is 2.79 bits per heavy atom. The fraction of sp³-hybridized carbons (Fsp3) is 0.467. The van der Waals surface area contributed by atoms with Crippen molar-refractivity contribution in [2.45, 2.75) is 20.4 Å². The van der Waals surface area contributed by atoms with Crippen molar-refractivity contribution in [1.29, 1.82) is 0 Å². The molecule has 3 nitrogen and oxygen atoms in total. The Labute approximate surface area is 114 Å². The van der Waals surface area contributed by atoms with E-state index in [2.05, 4.69) is 5.32 Å². The van der Waals surface area contributed by atoms with Gasteiger partial charge in [-0.15, -0.1) is 0 Å². The van der Waals surface area contributed by atoms with Crippen LogP contribution in [0, 0.1) is 5.82 Å². The minimum Gasteiger partial charge on any atom is -0.486 e. The fourth-order valence-electron chi connectivity index (χ4n) is 1.48. The van der Waals surface area contributed by atoms with Crippen LogP contribution in [-0.2, 0) is 11.3 Å². The second-order valence-corrected chi connectivity index (χ2v) is 4.53. The lowest BCUT2D eigenvalue weighted by atomic mass is 10.2. The van der Waals surface area contributed by atoms with Gasteiger partial charge in [-0.05, 0) is 37.6 Å². The van der Waals surface area contributed by atoms with Crippen LogP contribution in [0.25, 0.3) is 0 Å². The lowest BCUT2D eigenvalue weighted by molar-refractivity contribution is 0.199. The SMILES string of the molecule is COCCNCc1ccc(OCC=C(C)C)c(F)c1. The molecule has 0 aliphatic heterocycles. The molecule has 0 saturated carbocycles. The zero-order chi connectivity index (χ0) is 14.1. The molecule has 1 rings (SSSR count). The average Bonchev–Trinajstić information content (AvgIpc) is 2.37. The average molecular weight is 267 g/mol. The van der Waals surface area contributed by atoms with Gasteiger partial charge in [0.05, 0.1) is 6.61 Å².